The average Bonchev–Trinajstić information content (AvgIpc) is 2.74. The zero-order valence-electron chi connectivity index (χ0n) is 20.1. The zero-order chi connectivity index (χ0) is 24.4. The van der Waals surface area contributed by atoms with Crippen molar-refractivity contribution in [1.82, 2.24) is 0 Å². The van der Waals surface area contributed by atoms with Gasteiger partial charge in [-0.05, 0) is 51.5 Å². The number of rotatable bonds is 12. The highest BCUT2D eigenvalue weighted by Gasteiger charge is 2.47. The van der Waals surface area contributed by atoms with Crippen LogP contribution in [0.2, 0.25) is 0 Å². The molecule has 0 aliphatic carbocycles. The number of esters is 2. The smallest absolute Gasteiger partial charge is 0.338 e. The van der Waals surface area contributed by atoms with Crippen molar-refractivity contribution in [2.45, 2.75) is 84.2 Å². The van der Waals surface area contributed by atoms with Crippen LogP contribution in [0.25, 0.3) is 0 Å². The van der Waals surface area contributed by atoms with Gasteiger partial charge in [0.2, 0.25) is 5.54 Å². The van der Waals surface area contributed by atoms with E-state index in [9.17, 15) is 14.4 Å². The Bertz CT molecular complexity index is 794. The maximum absolute atomic E-state index is 12.7. The fourth-order valence-corrected chi connectivity index (χ4v) is 3.41. The van der Waals surface area contributed by atoms with Crippen molar-refractivity contribution in [3.63, 3.8) is 0 Å². The molecule has 0 heterocycles. The van der Waals surface area contributed by atoms with Crippen LogP contribution in [0.4, 0.5) is 0 Å². The number of ether oxygens (including phenoxy) is 3. The standard InChI is InChI=1S/C25H37NO6/c1-7-19(16-27)14-21(31-17-20-11-9-8-10-12-20)13-18(2)15-25(26,22(28)30-6)23(29)32-24(3,4)5/h8-12,18,21H,7,13-15,17,26H2,1-6H3. The van der Waals surface area contributed by atoms with Crippen LogP contribution in [-0.4, -0.2) is 42.2 Å². The van der Waals surface area contributed by atoms with Gasteiger partial charge in [0.15, 0.2) is 0 Å². The van der Waals surface area contributed by atoms with Crippen LogP contribution in [0.5, 0.6) is 0 Å². The van der Waals surface area contributed by atoms with Gasteiger partial charge in [0.1, 0.15) is 11.5 Å². The van der Waals surface area contributed by atoms with E-state index in [1.165, 1.54) is 7.11 Å². The first kappa shape index (κ1) is 27.6. The van der Waals surface area contributed by atoms with E-state index < -0.39 is 23.1 Å². The van der Waals surface area contributed by atoms with Gasteiger partial charge in [0, 0.05) is 12.0 Å². The van der Waals surface area contributed by atoms with Crippen LogP contribution in [-0.2, 0) is 35.2 Å². The van der Waals surface area contributed by atoms with E-state index >= 15 is 0 Å². The monoisotopic (exact) mass is 447 g/mol. The minimum absolute atomic E-state index is 0.0199. The van der Waals surface area contributed by atoms with E-state index in [2.05, 4.69) is 0 Å². The summed E-state index contributed by atoms with van der Waals surface area (Å²) in [5.41, 5.74) is 5.14. The zero-order valence-corrected chi connectivity index (χ0v) is 20.1. The molecule has 0 amide bonds. The summed E-state index contributed by atoms with van der Waals surface area (Å²) >= 11 is 0. The Balaban J connectivity index is 2.98. The second-order valence-corrected chi connectivity index (χ2v) is 9.19. The van der Waals surface area contributed by atoms with Gasteiger partial charge in [-0.2, -0.15) is 0 Å². The predicted octanol–water partition coefficient (Wildman–Crippen LogP) is 3.76. The molecule has 3 unspecified atom stereocenters. The van der Waals surface area contributed by atoms with Crippen LogP contribution in [0.1, 0.15) is 65.9 Å². The lowest BCUT2D eigenvalue weighted by atomic mass is 9.85. The first-order valence-corrected chi connectivity index (χ1v) is 10.9. The Labute approximate surface area is 191 Å². The summed E-state index contributed by atoms with van der Waals surface area (Å²) in [6.07, 6.45) is 1.19. The SMILES string of the molecule is CCC(=C=O)CC(CC(C)CC(N)(C(=O)OC)C(=O)OC(C)(C)C)OCc1ccccc1. The third-order valence-electron chi connectivity index (χ3n) is 5.02. The summed E-state index contributed by atoms with van der Waals surface area (Å²) in [6, 6.07) is 9.71. The third-order valence-corrected chi connectivity index (χ3v) is 5.02. The van der Waals surface area contributed by atoms with Gasteiger partial charge in [-0.1, -0.05) is 44.2 Å². The van der Waals surface area contributed by atoms with E-state index in [-0.39, 0.29) is 18.4 Å². The summed E-state index contributed by atoms with van der Waals surface area (Å²) in [4.78, 5) is 36.4. The molecule has 0 radical (unpaired) electrons. The number of carbonyl (C=O) groups is 2. The maximum Gasteiger partial charge on any atom is 0.338 e. The van der Waals surface area contributed by atoms with E-state index in [0.29, 0.717) is 31.4 Å². The van der Waals surface area contributed by atoms with Gasteiger partial charge >= 0.3 is 11.9 Å². The third kappa shape index (κ3) is 8.95. The molecule has 0 aromatic heterocycles. The van der Waals surface area contributed by atoms with Crippen molar-refractivity contribution < 1.29 is 28.6 Å². The Kier molecular flexibility index (Phi) is 10.8. The summed E-state index contributed by atoms with van der Waals surface area (Å²) in [5.74, 6) is 0.118. The van der Waals surface area contributed by atoms with E-state index in [1.807, 2.05) is 50.1 Å². The van der Waals surface area contributed by atoms with Crippen molar-refractivity contribution in [3.8, 4) is 0 Å². The van der Waals surface area contributed by atoms with Gasteiger partial charge in [-0.25, -0.2) is 14.4 Å². The second kappa shape index (κ2) is 12.5. The van der Waals surface area contributed by atoms with Crippen molar-refractivity contribution in [3.05, 3.63) is 41.5 Å². The lowest BCUT2D eigenvalue weighted by Crippen LogP contribution is -2.58. The Morgan fingerprint density at radius 3 is 2.25 bits per heavy atom. The Morgan fingerprint density at radius 2 is 1.75 bits per heavy atom. The quantitative estimate of drug-likeness (QED) is 0.295. The van der Waals surface area contributed by atoms with Crippen molar-refractivity contribution in [2.24, 2.45) is 11.7 Å². The molecule has 0 saturated heterocycles. The minimum Gasteiger partial charge on any atom is -0.467 e. The second-order valence-electron chi connectivity index (χ2n) is 9.19. The largest absolute Gasteiger partial charge is 0.467 e. The highest BCUT2D eigenvalue weighted by molar-refractivity contribution is 6.04. The fourth-order valence-electron chi connectivity index (χ4n) is 3.41. The highest BCUT2D eigenvalue weighted by Crippen LogP contribution is 2.27. The summed E-state index contributed by atoms with van der Waals surface area (Å²) in [7, 11) is 1.19. The first-order chi connectivity index (χ1) is 14.9. The Hall–Kier alpha value is -2.47. The molecule has 32 heavy (non-hydrogen) atoms. The summed E-state index contributed by atoms with van der Waals surface area (Å²) in [5, 5.41) is 0. The molecule has 2 N–H and O–H groups in total. The minimum atomic E-state index is -1.93. The van der Waals surface area contributed by atoms with Crippen molar-refractivity contribution >= 4 is 17.9 Å². The van der Waals surface area contributed by atoms with Crippen molar-refractivity contribution in [2.75, 3.05) is 7.11 Å². The highest BCUT2D eigenvalue weighted by atomic mass is 16.6. The molecule has 0 aliphatic heterocycles. The number of methoxy groups -OCH3 is 1. The van der Waals surface area contributed by atoms with Crippen LogP contribution in [0.3, 0.4) is 0 Å². The van der Waals surface area contributed by atoms with Gasteiger partial charge in [-0.15, -0.1) is 0 Å². The molecule has 0 bridgehead atoms. The van der Waals surface area contributed by atoms with Gasteiger partial charge in [0.25, 0.3) is 0 Å². The normalized spacial score (nSPS) is 15.1. The number of nitrogens with two attached hydrogens (primary N) is 1. The van der Waals surface area contributed by atoms with Crippen LogP contribution >= 0.6 is 0 Å². The molecule has 0 aliphatic rings. The maximum atomic E-state index is 12.7. The first-order valence-electron chi connectivity index (χ1n) is 10.9. The molecule has 1 aromatic rings. The summed E-state index contributed by atoms with van der Waals surface area (Å²) < 4.78 is 16.3. The Morgan fingerprint density at radius 1 is 1.12 bits per heavy atom. The van der Waals surface area contributed by atoms with E-state index in [1.54, 1.807) is 20.8 Å². The van der Waals surface area contributed by atoms with Crippen LogP contribution in [0.15, 0.2) is 35.9 Å². The molecule has 0 saturated carbocycles. The molecule has 1 rings (SSSR count). The molecule has 7 nitrogen and oxygen atoms in total. The predicted molar refractivity (Wildman–Crippen MR) is 122 cm³/mol. The number of hydrogen-bond acceptors (Lipinski definition) is 7. The van der Waals surface area contributed by atoms with Crippen molar-refractivity contribution in [1.29, 1.82) is 0 Å². The number of carbonyl (C=O) groups excluding carboxylic acids is 3. The molecule has 0 spiro atoms. The fraction of sp³-hybridized carbons (Fsp3) is 0.600. The molecule has 0 fully saturated rings. The number of benzene rings is 1. The lowest BCUT2D eigenvalue weighted by Gasteiger charge is -2.32. The molecule has 1 aromatic carbocycles. The topological polar surface area (TPSA) is 105 Å². The van der Waals surface area contributed by atoms with E-state index in [0.717, 1.165) is 5.56 Å². The van der Waals surface area contributed by atoms with Crippen LogP contribution < -0.4 is 5.73 Å². The lowest BCUT2D eigenvalue weighted by molar-refractivity contribution is -0.171. The van der Waals surface area contributed by atoms with Gasteiger partial charge in [-0.3, -0.25) is 0 Å². The van der Waals surface area contributed by atoms with E-state index in [4.69, 9.17) is 19.9 Å². The molecule has 7 heteroatoms. The molecular formula is C25H37NO6. The van der Waals surface area contributed by atoms with Crippen LogP contribution in [0, 0.1) is 5.92 Å². The molecular weight excluding hydrogens is 410 g/mol. The molecule has 3 atom stereocenters. The number of hydrogen-bond donors (Lipinski definition) is 1. The van der Waals surface area contributed by atoms with Gasteiger partial charge in [0.05, 0.1) is 19.8 Å². The van der Waals surface area contributed by atoms with Gasteiger partial charge < -0.3 is 19.9 Å². The average molecular weight is 448 g/mol. The summed E-state index contributed by atoms with van der Waals surface area (Å²) in [6.45, 7) is 9.27. The molecule has 178 valence electrons.